The van der Waals surface area contributed by atoms with Gasteiger partial charge in [-0.25, -0.2) is 17.2 Å². The largest absolute Gasteiger partial charge is 0.355 e. The van der Waals surface area contributed by atoms with Gasteiger partial charge in [0.2, 0.25) is 15.9 Å². The van der Waals surface area contributed by atoms with Crippen molar-refractivity contribution in [2.75, 3.05) is 39.3 Å². The van der Waals surface area contributed by atoms with E-state index < -0.39 is 21.7 Å². The zero-order valence-electron chi connectivity index (χ0n) is 21.1. The Bertz CT molecular complexity index is 1220. The van der Waals surface area contributed by atoms with E-state index in [1.165, 1.54) is 55.1 Å². The van der Waals surface area contributed by atoms with Crippen LogP contribution in [0.3, 0.4) is 0 Å². The highest BCUT2D eigenvalue weighted by molar-refractivity contribution is 7.89. The van der Waals surface area contributed by atoms with Gasteiger partial charge in [0, 0.05) is 43.7 Å². The van der Waals surface area contributed by atoms with E-state index in [9.17, 15) is 22.0 Å². The highest BCUT2D eigenvalue weighted by atomic mass is 32.2. The van der Waals surface area contributed by atoms with Gasteiger partial charge < -0.3 is 14.7 Å². The Morgan fingerprint density at radius 3 is 2.49 bits per heavy atom. The lowest BCUT2D eigenvalue weighted by atomic mass is 9.97. The number of hydrogen-bond acceptors (Lipinski definition) is 6. The molecule has 8 nitrogen and oxygen atoms in total. The number of carbonyl (C=O) groups excluding carboxylic acids is 1. The Kier molecular flexibility index (Phi) is 9.09. The quantitative estimate of drug-likeness (QED) is 0.551. The van der Waals surface area contributed by atoms with Crippen LogP contribution in [0.2, 0.25) is 0 Å². The summed E-state index contributed by atoms with van der Waals surface area (Å²) in [7, 11) is -3.95. The summed E-state index contributed by atoms with van der Waals surface area (Å²) in [6, 6.07) is 3.11. The fraction of sp³-hybridized carbons (Fsp3) is 0.538. The molecule has 1 N–H and O–H groups in total. The molecule has 0 saturated carbocycles. The molecule has 2 saturated heterocycles. The number of hydrogen-bond donors (Lipinski definition) is 1. The topological polar surface area (TPSA) is 95.8 Å². The zero-order valence-corrected chi connectivity index (χ0v) is 21.9. The minimum absolute atomic E-state index is 0.0297. The summed E-state index contributed by atoms with van der Waals surface area (Å²) in [5.74, 6) is -1.78. The summed E-state index contributed by atoms with van der Waals surface area (Å²) in [4.78, 5) is 15.0. The van der Waals surface area contributed by atoms with Crippen molar-refractivity contribution in [3.05, 3.63) is 46.9 Å². The van der Waals surface area contributed by atoms with E-state index >= 15 is 0 Å². The molecule has 37 heavy (non-hydrogen) atoms. The second-order valence-corrected chi connectivity index (χ2v) is 11.6. The maximum absolute atomic E-state index is 14.0. The van der Waals surface area contributed by atoms with E-state index in [2.05, 4.69) is 15.4 Å². The van der Waals surface area contributed by atoms with Gasteiger partial charge in [-0.2, -0.15) is 4.31 Å². The maximum Gasteiger partial charge on any atom is 0.248 e. The van der Waals surface area contributed by atoms with Crippen LogP contribution in [0.4, 0.5) is 8.78 Å². The van der Waals surface area contributed by atoms with Crippen molar-refractivity contribution in [1.82, 2.24) is 19.7 Å². The van der Waals surface area contributed by atoms with E-state index in [1.54, 1.807) is 0 Å². The number of amides is 1. The molecule has 0 spiro atoms. The fourth-order valence-corrected chi connectivity index (χ4v) is 6.65. The number of piperidine rings is 1. The first-order valence-corrected chi connectivity index (χ1v) is 14.3. The third kappa shape index (κ3) is 6.82. The number of aryl methyl sites for hydroxylation is 1. The van der Waals surface area contributed by atoms with E-state index in [1.807, 2.05) is 0 Å². The first-order valence-electron chi connectivity index (χ1n) is 12.9. The number of aromatic nitrogens is 1. The molecule has 2 aliphatic rings. The Balaban J connectivity index is 1.34. The molecule has 1 amide bonds. The van der Waals surface area contributed by atoms with Crippen molar-refractivity contribution < 1.29 is 26.5 Å². The van der Waals surface area contributed by atoms with Gasteiger partial charge in [-0.05, 0) is 70.0 Å². The van der Waals surface area contributed by atoms with Crippen LogP contribution in [0.15, 0.2) is 27.6 Å². The molecule has 1 aromatic carbocycles. The zero-order chi connectivity index (χ0) is 26.4. The maximum atomic E-state index is 14.0. The van der Waals surface area contributed by atoms with Crippen molar-refractivity contribution >= 4 is 28.1 Å². The van der Waals surface area contributed by atoms with Crippen LogP contribution >= 0.6 is 0 Å². The number of likely N-dealkylation sites (tertiary alicyclic amines) is 1. The van der Waals surface area contributed by atoms with Crippen LogP contribution in [0.25, 0.3) is 12.2 Å². The van der Waals surface area contributed by atoms with Gasteiger partial charge in [0.05, 0.1) is 0 Å². The molecule has 0 atom stereocenters. The van der Waals surface area contributed by atoms with Crippen LogP contribution in [0.1, 0.15) is 55.5 Å². The van der Waals surface area contributed by atoms with Crippen molar-refractivity contribution in [3.63, 3.8) is 0 Å². The van der Waals surface area contributed by atoms with E-state index in [-0.39, 0.29) is 46.8 Å². The first kappa shape index (κ1) is 27.4. The van der Waals surface area contributed by atoms with E-state index in [0.717, 1.165) is 31.8 Å². The van der Waals surface area contributed by atoms with Gasteiger partial charge in [-0.15, -0.1) is 0 Å². The van der Waals surface area contributed by atoms with Gasteiger partial charge >= 0.3 is 0 Å². The molecule has 2 aliphatic heterocycles. The first-order chi connectivity index (χ1) is 17.8. The number of carbonyl (C=O) groups is 1. The van der Waals surface area contributed by atoms with Gasteiger partial charge in [-0.1, -0.05) is 18.0 Å². The minimum Gasteiger partial charge on any atom is -0.355 e. The molecular weight excluding hydrogens is 502 g/mol. The molecule has 2 fully saturated rings. The van der Waals surface area contributed by atoms with Crippen LogP contribution in [0, 0.1) is 24.5 Å². The van der Waals surface area contributed by atoms with Gasteiger partial charge in [0.15, 0.2) is 10.7 Å². The van der Waals surface area contributed by atoms with Crippen LogP contribution in [0.5, 0.6) is 0 Å². The molecule has 1 aromatic heterocycles. The second kappa shape index (κ2) is 12.3. The Hall–Kier alpha value is -2.63. The molecule has 2 aromatic rings. The highest BCUT2D eigenvalue weighted by Crippen LogP contribution is 2.29. The molecule has 202 valence electrons. The van der Waals surface area contributed by atoms with Gasteiger partial charge in [0.1, 0.15) is 17.3 Å². The third-order valence-corrected chi connectivity index (χ3v) is 9.12. The average molecular weight is 537 g/mol. The number of rotatable bonds is 8. The second-order valence-electron chi connectivity index (χ2n) is 9.69. The van der Waals surface area contributed by atoms with Crippen LogP contribution in [-0.2, 0) is 14.8 Å². The summed E-state index contributed by atoms with van der Waals surface area (Å²) in [5, 5.41) is 6.82. The minimum atomic E-state index is -3.95. The Morgan fingerprint density at radius 1 is 1.11 bits per heavy atom. The standard InChI is InChI=1S/C26H34F2N4O4S/c1-19-25(24(36-30-19)9-7-20-6-8-22(27)18-23(20)28)37(34,35)32-15-10-21(11-16-32)26(33)29-12-17-31-13-4-2-3-5-14-31/h6-9,18,21H,2-5,10-17H2,1H3,(H,29,33). The average Bonchev–Trinajstić information content (AvgIpc) is 3.07. The third-order valence-electron chi connectivity index (χ3n) is 7.06. The Labute approximate surface area is 216 Å². The molecule has 4 rings (SSSR count). The SMILES string of the molecule is Cc1noc(C=Cc2ccc(F)cc2F)c1S(=O)(=O)N1CCC(C(=O)NCCN2CCCCCC2)CC1. The molecule has 0 aliphatic carbocycles. The molecule has 0 radical (unpaired) electrons. The van der Waals surface area contributed by atoms with Crippen LogP contribution < -0.4 is 5.32 Å². The fourth-order valence-electron chi connectivity index (χ4n) is 4.93. The summed E-state index contributed by atoms with van der Waals surface area (Å²) in [5.41, 5.74) is 0.272. The van der Waals surface area contributed by atoms with Crippen molar-refractivity contribution in [1.29, 1.82) is 0 Å². The number of nitrogens with one attached hydrogen (secondary N) is 1. The summed E-state index contributed by atoms with van der Waals surface area (Å²) >= 11 is 0. The predicted molar refractivity (Wildman–Crippen MR) is 136 cm³/mol. The lowest BCUT2D eigenvalue weighted by Gasteiger charge is -2.30. The lowest BCUT2D eigenvalue weighted by Crippen LogP contribution is -2.44. The predicted octanol–water partition coefficient (Wildman–Crippen LogP) is 3.82. The number of halogens is 2. The molecule has 0 bridgehead atoms. The summed E-state index contributed by atoms with van der Waals surface area (Å²) < 4.78 is 60.5. The smallest absolute Gasteiger partial charge is 0.248 e. The van der Waals surface area contributed by atoms with Crippen molar-refractivity contribution in [2.24, 2.45) is 5.92 Å². The number of benzene rings is 1. The Morgan fingerprint density at radius 2 is 1.81 bits per heavy atom. The monoisotopic (exact) mass is 536 g/mol. The number of nitrogens with zero attached hydrogens (tertiary/aromatic N) is 3. The number of sulfonamides is 1. The lowest BCUT2D eigenvalue weighted by molar-refractivity contribution is -0.126. The van der Waals surface area contributed by atoms with E-state index in [4.69, 9.17) is 4.52 Å². The van der Waals surface area contributed by atoms with Crippen molar-refractivity contribution in [3.8, 4) is 0 Å². The molecule has 0 unspecified atom stereocenters. The van der Waals surface area contributed by atoms with Crippen molar-refractivity contribution in [2.45, 2.75) is 50.3 Å². The van der Waals surface area contributed by atoms with Crippen LogP contribution in [-0.4, -0.2) is 68.0 Å². The normalized spacial score (nSPS) is 18.8. The molecular formula is C26H34F2N4O4S. The van der Waals surface area contributed by atoms with E-state index in [0.29, 0.717) is 19.4 Å². The van der Waals surface area contributed by atoms with Gasteiger partial charge in [0.25, 0.3) is 0 Å². The highest BCUT2D eigenvalue weighted by Gasteiger charge is 2.35. The van der Waals surface area contributed by atoms with Gasteiger partial charge in [-0.3, -0.25) is 4.79 Å². The summed E-state index contributed by atoms with van der Waals surface area (Å²) in [6.07, 6.45) is 8.41. The molecule has 3 heterocycles. The summed E-state index contributed by atoms with van der Waals surface area (Å²) in [6.45, 7) is 5.51. The molecule has 11 heteroatoms.